The average Bonchev–Trinajstić information content (AvgIpc) is 2.45. The van der Waals surface area contributed by atoms with Gasteiger partial charge in [0.05, 0.1) is 0 Å². The van der Waals surface area contributed by atoms with Gasteiger partial charge in [0, 0.05) is 11.1 Å². The molecule has 118 valence electrons. The van der Waals surface area contributed by atoms with Crippen LogP contribution in [0.15, 0.2) is 24.3 Å². The second kappa shape index (κ2) is 6.55. The Kier molecular flexibility index (Phi) is 5.17. The second-order valence-electron chi connectivity index (χ2n) is 5.59. The van der Waals surface area contributed by atoms with E-state index in [9.17, 15) is 18.3 Å². The predicted molar refractivity (Wildman–Crippen MR) is 76.2 cm³/mol. The lowest BCUT2D eigenvalue weighted by Gasteiger charge is -2.38. The van der Waals surface area contributed by atoms with Crippen molar-refractivity contribution in [2.24, 2.45) is 5.92 Å². The number of aliphatic hydroxyl groups is 1. The summed E-state index contributed by atoms with van der Waals surface area (Å²) in [6.07, 6.45) is -6.02. The van der Waals surface area contributed by atoms with Gasteiger partial charge in [0.1, 0.15) is 0 Å². The van der Waals surface area contributed by atoms with Crippen molar-refractivity contribution in [3.05, 3.63) is 34.9 Å². The highest BCUT2D eigenvalue weighted by atomic mass is 35.5. The molecule has 0 aromatic heterocycles. The molecule has 1 aromatic rings. The molecule has 1 aromatic carbocycles. The fourth-order valence-corrected chi connectivity index (χ4v) is 3.07. The molecule has 2 nitrogen and oxygen atoms in total. The average molecular weight is 322 g/mol. The van der Waals surface area contributed by atoms with Gasteiger partial charge in [-0.15, -0.1) is 0 Å². The van der Waals surface area contributed by atoms with E-state index in [0.29, 0.717) is 31.0 Å². The minimum Gasteiger partial charge on any atom is -0.383 e. The third kappa shape index (κ3) is 4.11. The van der Waals surface area contributed by atoms with Crippen molar-refractivity contribution in [2.75, 3.05) is 13.1 Å². The maximum atomic E-state index is 12.5. The van der Waals surface area contributed by atoms with Crippen LogP contribution >= 0.6 is 11.6 Å². The fraction of sp³-hybridized carbons (Fsp3) is 0.600. The van der Waals surface area contributed by atoms with Gasteiger partial charge in [0.15, 0.2) is 6.10 Å². The van der Waals surface area contributed by atoms with Gasteiger partial charge in [-0.1, -0.05) is 23.7 Å². The van der Waals surface area contributed by atoms with Crippen molar-refractivity contribution >= 4 is 11.6 Å². The summed E-state index contributed by atoms with van der Waals surface area (Å²) < 4.78 is 37.6. The molecule has 1 fully saturated rings. The zero-order valence-electron chi connectivity index (χ0n) is 11.8. The summed E-state index contributed by atoms with van der Waals surface area (Å²) >= 11 is 5.97. The highest BCUT2D eigenvalue weighted by Crippen LogP contribution is 2.34. The molecule has 0 radical (unpaired) electrons. The summed E-state index contributed by atoms with van der Waals surface area (Å²) in [6, 6.07) is 7.61. The number of likely N-dealkylation sites (tertiary alicyclic amines) is 1. The zero-order chi connectivity index (χ0) is 15.6. The molecule has 2 rings (SSSR count). The maximum absolute atomic E-state index is 12.5. The van der Waals surface area contributed by atoms with Crippen LogP contribution in [0.4, 0.5) is 13.2 Å². The lowest BCUT2D eigenvalue weighted by Crippen LogP contribution is -2.43. The van der Waals surface area contributed by atoms with Crippen LogP contribution in [-0.4, -0.2) is 35.4 Å². The summed E-state index contributed by atoms with van der Waals surface area (Å²) in [7, 11) is 0. The maximum Gasteiger partial charge on any atom is 0.414 e. The van der Waals surface area contributed by atoms with Crippen molar-refractivity contribution in [3.8, 4) is 0 Å². The summed E-state index contributed by atoms with van der Waals surface area (Å²) in [5, 5.41) is 9.98. The van der Waals surface area contributed by atoms with Gasteiger partial charge in [-0.05, 0) is 56.5 Å². The van der Waals surface area contributed by atoms with E-state index >= 15 is 0 Å². The molecule has 0 saturated carbocycles. The Morgan fingerprint density at radius 1 is 1.29 bits per heavy atom. The van der Waals surface area contributed by atoms with E-state index < -0.39 is 18.2 Å². The number of aliphatic hydroxyl groups excluding tert-OH is 1. The van der Waals surface area contributed by atoms with Gasteiger partial charge in [-0.2, -0.15) is 13.2 Å². The Morgan fingerprint density at radius 3 is 2.43 bits per heavy atom. The van der Waals surface area contributed by atoms with Gasteiger partial charge in [0.25, 0.3) is 0 Å². The van der Waals surface area contributed by atoms with Crippen molar-refractivity contribution in [3.63, 3.8) is 0 Å². The van der Waals surface area contributed by atoms with Gasteiger partial charge in [0.2, 0.25) is 0 Å². The number of nitrogens with zero attached hydrogens (tertiary/aromatic N) is 1. The standard InChI is InChI=1S/C15H19ClF3NO/c1-10(12-3-2-4-13(16)9-12)20-7-5-11(6-8-20)14(21)15(17,18)19/h2-4,9-11,14,21H,5-8H2,1H3. The molecule has 0 spiro atoms. The molecular weight excluding hydrogens is 303 g/mol. The van der Waals surface area contributed by atoms with E-state index in [-0.39, 0.29) is 6.04 Å². The fourth-order valence-electron chi connectivity index (χ4n) is 2.87. The number of halogens is 4. The van der Waals surface area contributed by atoms with E-state index in [0.717, 1.165) is 5.56 Å². The number of hydrogen-bond donors (Lipinski definition) is 1. The highest BCUT2D eigenvalue weighted by Gasteiger charge is 2.44. The first-order valence-corrected chi connectivity index (χ1v) is 7.41. The topological polar surface area (TPSA) is 23.5 Å². The molecule has 0 aliphatic carbocycles. The smallest absolute Gasteiger partial charge is 0.383 e. The van der Waals surface area contributed by atoms with E-state index in [1.807, 2.05) is 25.1 Å². The molecule has 21 heavy (non-hydrogen) atoms. The first kappa shape index (κ1) is 16.6. The van der Waals surface area contributed by atoms with Crippen LogP contribution in [-0.2, 0) is 0 Å². The largest absolute Gasteiger partial charge is 0.414 e. The minimum atomic E-state index is -4.52. The Labute approximate surface area is 127 Å². The summed E-state index contributed by atoms with van der Waals surface area (Å²) in [4.78, 5) is 2.13. The van der Waals surface area contributed by atoms with Crippen LogP contribution in [0.25, 0.3) is 0 Å². The number of piperidine rings is 1. The van der Waals surface area contributed by atoms with Gasteiger partial charge >= 0.3 is 6.18 Å². The quantitative estimate of drug-likeness (QED) is 0.908. The van der Waals surface area contributed by atoms with E-state index in [1.165, 1.54) is 0 Å². The molecular formula is C15H19ClF3NO. The van der Waals surface area contributed by atoms with Crippen LogP contribution in [0.1, 0.15) is 31.4 Å². The Balaban J connectivity index is 1.95. The molecule has 1 heterocycles. The van der Waals surface area contributed by atoms with Gasteiger partial charge in [-0.3, -0.25) is 4.90 Å². The van der Waals surface area contributed by atoms with Crippen LogP contribution in [0, 0.1) is 5.92 Å². The molecule has 1 aliphatic heterocycles. The molecule has 1 N–H and O–H groups in total. The van der Waals surface area contributed by atoms with Crippen molar-refractivity contribution in [1.82, 2.24) is 4.90 Å². The second-order valence-corrected chi connectivity index (χ2v) is 6.03. The number of hydrogen-bond acceptors (Lipinski definition) is 2. The van der Waals surface area contributed by atoms with Crippen molar-refractivity contribution in [1.29, 1.82) is 0 Å². The normalized spacial score (nSPS) is 21.2. The molecule has 6 heteroatoms. The Hall–Kier alpha value is -0.780. The summed E-state index contributed by atoms with van der Waals surface area (Å²) in [5.74, 6) is -0.701. The molecule has 1 saturated heterocycles. The van der Waals surface area contributed by atoms with Crippen LogP contribution < -0.4 is 0 Å². The molecule has 0 bridgehead atoms. The first-order valence-electron chi connectivity index (χ1n) is 7.03. The van der Waals surface area contributed by atoms with Gasteiger partial charge < -0.3 is 5.11 Å². The number of alkyl halides is 3. The molecule has 2 unspecified atom stereocenters. The van der Waals surface area contributed by atoms with Crippen LogP contribution in [0.5, 0.6) is 0 Å². The predicted octanol–water partition coefficient (Wildman–Crippen LogP) is 4.04. The lowest BCUT2D eigenvalue weighted by atomic mass is 9.89. The van der Waals surface area contributed by atoms with Crippen molar-refractivity contribution < 1.29 is 18.3 Å². The summed E-state index contributed by atoms with van der Waals surface area (Å²) in [5.41, 5.74) is 1.05. The highest BCUT2D eigenvalue weighted by molar-refractivity contribution is 6.30. The number of benzene rings is 1. The van der Waals surface area contributed by atoms with E-state index in [2.05, 4.69) is 4.90 Å². The SMILES string of the molecule is CC(c1cccc(Cl)c1)N1CCC(C(O)C(F)(F)F)CC1. The van der Waals surface area contributed by atoms with E-state index in [4.69, 9.17) is 11.6 Å². The van der Waals surface area contributed by atoms with E-state index in [1.54, 1.807) is 6.07 Å². The monoisotopic (exact) mass is 321 g/mol. The third-order valence-electron chi connectivity index (χ3n) is 4.23. The number of rotatable bonds is 3. The molecule has 2 atom stereocenters. The van der Waals surface area contributed by atoms with Crippen LogP contribution in [0.3, 0.4) is 0 Å². The zero-order valence-corrected chi connectivity index (χ0v) is 12.5. The lowest BCUT2D eigenvalue weighted by molar-refractivity contribution is -0.223. The Morgan fingerprint density at radius 2 is 1.90 bits per heavy atom. The molecule has 0 amide bonds. The minimum absolute atomic E-state index is 0.104. The summed E-state index contributed by atoms with van der Waals surface area (Å²) in [6.45, 7) is 3.11. The van der Waals surface area contributed by atoms with Crippen LogP contribution in [0.2, 0.25) is 5.02 Å². The Bertz CT molecular complexity index is 472. The molecule has 1 aliphatic rings. The van der Waals surface area contributed by atoms with Crippen molar-refractivity contribution in [2.45, 2.75) is 38.1 Å². The third-order valence-corrected chi connectivity index (χ3v) is 4.47. The first-order chi connectivity index (χ1) is 9.79. The van der Waals surface area contributed by atoms with Gasteiger partial charge in [-0.25, -0.2) is 0 Å².